The molecule has 0 saturated heterocycles. The van der Waals surface area contributed by atoms with Crippen LogP contribution in [0.2, 0.25) is 0 Å². The molecule has 0 radical (unpaired) electrons. The number of ketones is 1. The standard InChI is InChI=1S/C15H12N2O3/c1-9(18)6-10-7-11(17(19)20)8-13-12-4-2-3-5-14(12)16-15(10)13/h2-5,7-8,16H,6H2,1H3. The van der Waals surface area contributed by atoms with Crippen LogP contribution in [0.4, 0.5) is 5.69 Å². The first kappa shape index (κ1) is 12.3. The lowest BCUT2D eigenvalue weighted by Gasteiger charge is -2.01. The molecule has 0 atom stereocenters. The van der Waals surface area contributed by atoms with E-state index in [4.69, 9.17) is 0 Å². The van der Waals surface area contributed by atoms with Gasteiger partial charge in [-0.15, -0.1) is 0 Å². The molecule has 1 N–H and O–H groups in total. The minimum atomic E-state index is -0.426. The third kappa shape index (κ3) is 1.93. The molecule has 0 fully saturated rings. The Labute approximate surface area is 114 Å². The summed E-state index contributed by atoms with van der Waals surface area (Å²) < 4.78 is 0. The Morgan fingerprint density at radius 1 is 1.25 bits per heavy atom. The van der Waals surface area contributed by atoms with Crippen molar-refractivity contribution in [2.45, 2.75) is 13.3 Å². The molecule has 0 spiro atoms. The number of fused-ring (bicyclic) bond motifs is 3. The summed E-state index contributed by atoms with van der Waals surface area (Å²) >= 11 is 0. The number of benzene rings is 2. The van der Waals surface area contributed by atoms with Crippen LogP contribution >= 0.6 is 0 Å². The van der Waals surface area contributed by atoms with Gasteiger partial charge in [-0.3, -0.25) is 14.9 Å². The normalized spacial score (nSPS) is 11.1. The first-order chi connectivity index (χ1) is 9.56. The smallest absolute Gasteiger partial charge is 0.270 e. The van der Waals surface area contributed by atoms with Gasteiger partial charge in [0.25, 0.3) is 5.69 Å². The highest BCUT2D eigenvalue weighted by Crippen LogP contribution is 2.31. The van der Waals surface area contributed by atoms with Gasteiger partial charge in [0.05, 0.1) is 10.4 Å². The summed E-state index contributed by atoms with van der Waals surface area (Å²) in [6, 6.07) is 10.6. The second-order valence-corrected chi connectivity index (χ2v) is 4.83. The van der Waals surface area contributed by atoms with Crippen LogP contribution in [0, 0.1) is 10.1 Å². The second-order valence-electron chi connectivity index (χ2n) is 4.83. The summed E-state index contributed by atoms with van der Waals surface area (Å²) in [6.07, 6.45) is 0.186. The van der Waals surface area contributed by atoms with Gasteiger partial charge < -0.3 is 4.98 Å². The Kier molecular flexibility index (Phi) is 2.75. The number of para-hydroxylation sites is 1. The number of nitrogens with one attached hydrogen (secondary N) is 1. The Bertz CT molecular complexity index is 849. The van der Waals surface area contributed by atoms with Gasteiger partial charge >= 0.3 is 0 Å². The van der Waals surface area contributed by atoms with Gasteiger partial charge in [-0.2, -0.15) is 0 Å². The number of H-pyrrole nitrogens is 1. The monoisotopic (exact) mass is 268 g/mol. The highest BCUT2D eigenvalue weighted by molar-refractivity contribution is 6.09. The quantitative estimate of drug-likeness (QED) is 0.584. The largest absolute Gasteiger partial charge is 0.354 e. The van der Waals surface area contributed by atoms with Crippen LogP contribution in [0.5, 0.6) is 0 Å². The zero-order valence-corrected chi connectivity index (χ0v) is 10.8. The molecule has 0 bridgehead atoms. The minimum Gasteiger partial charge on any atom is -0.354 e. The van der Waals surface area contributed by atoms with Crippen LogP contribution < -0.4 is 0 Å². The third-order valence-electron chi connectivity index (χ3n) is 3.33. The van der Waals surface area contributed by atoms with E-state index in [1.54, 1.807) is 6.07 Å². The molecule has 3 rings (SSSR count). The molecule has 5 heteroatoms. The Morgan fingerprint density at radius 2 is 2.00 bits per heavy atom. The molecule has 20 heavy (non-hydrogen) atoms. The molecule has 0 saturated carbocycles. The maximum atomic E-state index is 11.4. The molecule has 0 amide bonds. The minimum absolute atomic E-state index is 0.0125. The van der Waals surface area contributed by atoms with Crippen LogP contribution in [0.25, 0.3) is 21.8 Å². The number of aromatic amines is 1. The molecule has 1 heterocycles. The average Bonchev–Trinajstić information content (AvgIpc) is 2.77. The highest BCUT2D eigenvalue weighted by atomic mass is 16.6. The van der Waals surface area contributed by atoms with E-state index in [0.717, 1.165) is 21.8 Å². The fraction of sp³-hybridized carbons (Fsp3) is 0.133. The number of hydrogen-bond acceptors (Lipinski definition) is 3. The topological polar surface area (TPSA) is 76.0 Å². The first-order valence-corrected chi connectivity index (χ1v) is 6.23. The SMILES string of the molecule is CC(=O)Cc1cc([N+](=O)[O-])cc2c1[nH]c1ccccc12. The molecule has 1 aromatic heterocycles. The van der Waals surface area contributed by atoms with Crippen LogP contribution in [-0.4, -0.2) is 15.7 Å². The number of nitro benzene ring substituents is 1. The van der Waals surface area contributed by atoms with Gasteiger partial charge in [0, 0.05) is 34.8 Å². The fourth-order valence-corrected chi connectivity index (χ4v) is 2.52. The van der Waals surface area contributed by atoms with Crippen molar-refractivity contribution in [3.8, 4) is 0 Å². The van der Waals surface area contributed by atoms with Crippen LogP contribution in [0.1, 0.15) is 12.5 Å². The molecule has 5 nitrogen and oxygen atoms in total. The number of aromatic nitrogens is 1. The number of nitrogens with zero attached hydrogens (tertiary/aromatic N) is 1. The summed E-state index contributed by atoms with van der Waals surface area (Å²) in [5, 5.41) is 12.8. The van der Waals surface area contributed by atoms with E-state index in [1.165, 1.54) is 13.0 Å². The van der Waals surface area contributed by atoms with Gasteiger partial charge in [0.15, 0.2) is 0 Å². The van der Waals surface area contributed by atoms with Crippen molar-refractivity contribution in [2.24, 2.45) is 0 Å². The fourth-order valence-electron chi connectivity index (χ4n) is 2.52. The molecule has 2 aromatic carbocycles. The van der Waals surface area contributed by atoms with E-state index in [2.05, 4.69) is 4.98 Å². The molecule has 0 aliphatic rings. The maximum Gasteiger partial charge on any atom is 0.270 e. The van der Waals surface area contributed by atoms with Crippen molar-refractivity contribution in [3.63, 3.8) is 0 Å². The van der Waals surface area contributed by atoms with Gasteiger partial charge in [0.1, 0.15) is 5.78 Å². The lowest BCUT2D eigenvalue weighted by atomic mass is 10.0. The lowest BCUT2D eigenvalue weighted by molar-refractivity contribution is -0.384. The molecular formula is C15H12N2O3. The number of rotatable bonds is 3. The van der Waals surface area contributed by atoms with Crippen LogP contribution in [-0.2, 0) is 11.2 Å². The molecule has 100 valence electrons. The predicted octanol–water partition coefficient (Wildman–Crippen LogP) is 3.36. The van der Waals surface area contributed by atoms with E-state index in [9.17, 15) is 14.9 Å². The summed E-state index contributed by atoms with van der Waals surface area (Å²) in [6.45, 7) is 1.48. The number of carbonyl (C=O) groups excluding carboxylic acids is 1. The molecule has 0 aliphatic heterocycles. The summed E-state index contributed by atoms with van der Waals surface area (Å²) in [7, 11) is 0. The number of non-ortho nitro benzene ring substituents is 1. The van der Waals surface area contributed by atoms with Crippen molar-refractivity contribution in [1.29, 1.82) is 0 Å². The zero-order valence-electron chi connectivity index (χ0n) is 10.8. The highest BCUT2D eigenvalue weighted by Gasteiger charge is 2.16. The number of hydrogen-bond donors (Lipinski definition) is 1. The van der Waals surface area contributed by atoms with Gasteiger partial charge in [-0.1, -0.05) is 18.2 Å². The number of Topliss-reactive ketones (excluding diaryl/α,β-unsaturated/α-hetero) is 1. The molecule has 0 aliphatic carbocycles. The van der Waals surface area contributed by atoms with Crippen molar-refractivity contribution < 1.29 is 9.72 Å². The third-order valence-corrected chi connectivity index (χ3v) is 3.33. The van der Waals surface area contributed by atoms with Crippen molar-refractivity contribution >= 4 is 33.3 Å². The Balaban J connectivity index is 2.40. The lowest BCUT2D eigenvalue weighted by Crippen LogP contribution is -1.99. The average molecular weight is 268 g/mol. The number of carbonyl (C=O) groups is 1. The Hall–Kier alpha value is -2.69. The van der Waals surface area contributed by atoms with E-state index in [0.29, 0.717) is 5.56 Å². The van der Waals surface area contributed by atoms with Gasteiger partial charge in [-0.25, -0.2) is 0 Å². The first-order valence-electron chi connectivity index (χ1n) is 6.23. The van der Waals surface area contributed by atoms with Crippen LogP contribution in [0.3, 0.4) is 0 Å². The van der Waals surface area contributed by atoms with Crippen LogP contribution in [0.15, 0.2) is 36.4 Å². The van der Waals surface area contributed by atoms with Crippen molar-refractivity contribution in [3.05, 3.63) is 52.1 Å². The van der Waals surface area contributed by atoms with Gasteiger partial charge in [-0.05, 0) is 18.6 Å². The van der Waals surface area contributed by atoms with Gasteiger partial charge in [0.2, 0.25) is 0 Å². The van der Waals surface area contributed by atoms with E-state index >= 15 is 0 Å². The summed E-state index contributed by atoms with van der Waals surface area (Å²) in [5.74, 6) is -0.0227. The second kappa shape index (κ2) is 4.45. The Morgan fingerprint density at radius 3 is 2.70 bits per heavy atom. The molecule has 0 unspecified atom stereocenters. The predicted molar refractivity (Wildman–Crippen MR) is 76.8 cm³/mol. The molecule has 3 aromatic rings. The summed E-state index contributed by atoms with van der Waals surface area (Å²) in [5.41, 5.74) is 2.39. The van der Waals surface area contributed by atoms with E-state index in [1.807, 2.05) is 24.3 Å². The maximum absolute atomic E-state index is 11.4. The van der Waals surface area contributed by atoms with Crippen molar-refractivity contribution in [1.82, 2.24) is 4.98 Å². The van der Waals surface area contributed by atoms with E-state index in [-0.39, 0.29) is 17.9 Å². The molecular weight excluding hydrogens is 256 g/mol. The van der Waals surface area contributed by atoms with E-state index < -0.39 is 4.92 Å². The number of nitro groups is 1. The van der Waals surface area contributed by atoms with Crippen molar-refractivity contribution in [2.75, 3.05) is 0 Å². The summed E-state index contributed by atoms with van der Waals surface area (Å²) in [4.78, 5) is 25.2. The zero-order chi connectivity index (χ0) is 14.3.